The van der Waals surface area contributed by atoms with E-state index in [9.17, 15) is 9.59 Å². The van der Waals surface area contributed by atoms with Gasteiger partial charge in [-0.1, -0.05) is 24.3 Å². The van der Waals surface area contributed by atoms with E-state index in [0.29, 0.717) is 31.3 Å². The molecule has 1 aromatic carbocycles. The monoisotopic (exact) mass is 408 g/mol. The predicted molar refractivity (Wildman–Crippen MR) is 113 cm³/mol. The van der Waals surface area contributed by atoms with Crippen molar-refractivity contribution in [2.45, 2.75) is 31.1 Å². The molecular formula is C23H24N2O3S. The van der Waals surface area contributed by atoms with Gasteiger partial charge in [0.05, 0.1) is 5.41 Å². The topological polar surface area (TPSA) is 62.6 Å². The molecule has 5 nitrogen and oxygen atoms in total. The fraction of sp³-hybridized carbons (Fsp3) is 0.391. The summed E-state index contributed by atoms with van der Waals surface area (Å²) in [5.74, 6) is 0.946. The SMILES string of the molecule is O=C(c1cc2ccccc2o1)N1CCC(CNC(=O)C2(c3cccs3)CC2)CC1. The van der Waals surface area contributed by atoms with Gasteiger partial charge >= 0.3 is 0 Å². The van der Waals surface area contributed by atoms with Crippen LogP contribution < -0.4 is 5.32 Å². The average molecular weight is 409 g/mol. The normalized spacial score (nSPS) is 18.7. The van der Waals surface area contributed by atoms with Crippen LogP contribution in [0.5, 0.6) is 0 Å². The smallest absolute Gasteiger partial charge is 0.289 e. The van der Waals surface area contributed by atoms with Crippen LogP contribution in [-0.4, -0.2) is 36.3 Å². The maximum atomic E-state index is 12.8. The van der Waals surface area contributed by atoms with Gasteiger partial charge in [0, 0.05) is 29.9 Å². The number of nitrogens with zero attached hydrogens (tertiary/aromatic N) is 1. The number of fused-ring (bicyclic) bond motifs is 1. The molecule has 1 N–H and O–H groups in total. The molecule has 0 spiro atoms. The van der Waals surface area contributed by atoms with Gasteiger partial charge in [-0.2, -0.15) is 0 Å². The Balaban J connectivity index is 1.14. The minimum atomic E-state index is -0.272. The molecule has 0 atom stereocenters. The number of furan rings is 1. The summed E-state index contributed by atoms with van der Waals surface area (Å²) in [6, 6.07) is 13.6. The number of amides is 2. The molecule has 1 aliphatic heterocycles. The van der Waals surface area contributed by atoms with E-state index in [2.05, 4.69) is 11.4 Å². The molecule has 29 heavy (non-hydrogen) atoms. The third-order valence-corrected chi connectivity index (χ3v) is 7.34. The highest BCUT2D eigenvalue weighted by molar-refractivity contribution is 7.10. The van der Waals surface area contributed by atoms with E-state index in [1.165, 1.54) is 4.88 Å². The molecule has 6 heteroatoms. The van der Waals surface area contributed by atoms with Crippen molar-refractivity contribution in [3.8, 4) is 0 Å². The molecule has 0 bridgehead atoms. The highest BCUT2D eigenvalue weighted by Crippen LogP contribution is 2.50. The van der Waals surface area contributed by atoms with E-state index in [4.69, 9.17) is 4.42 Å². The van der Waals surface area contributed by atoms with Crippen molar-refractivity contribution in [3.05, 3.63) is 58.5 Å². The Hall–Kier alpha value is -2.60. The fourth-order valence-electron chi connectivity index (χ4n) is 4.25. The van der Waals surface area contributed by atoms with Gasteiger partial charge in [-0.3, -0.25) is 9.59 Å². The van der Waals surface area contributed by atoms with Gasteiger partial charge in [0.1, 0.15) is 5.58 Å². The summed E-state index contributed by atoms with van der Waals surface area (Å²) in [6.45, 7) is 2.09. The number of hydrogen-bond donors (Lipinski definition) is 1. The highest BCUT2D eigenvalue weighted by atomic mass is 32.1. The number of para-hydroxylation sites is 1. The first-order chi connectivity index (χ1) is 14.2. The Morgan fingerprint density at radius 3 is 2.62 bits per heavy atom. The quantitative estimate of drug-likeness (QED) is 0.688. The molecule has 3 aromatic rings. The Bertz CT molecular complexity index is 995. The lowest BCUT2D eigenvalue weighted by atomic mass is 9.95. The van der Waals surface area contributed by atoms with E-state index >= 15 is 0 Å². The summed E-state index contributed by atoms with van der Waals surface area (Å²) in [5, 5.41) is 6.17. The largest absolute Gasteiger partial charge is 0.451 e. The first-order valence-corrected chi connectivity index (χ1v) is 11.1. The van der Waals surface area contributed by atoms with Gasteiger partial charge < -0.3 is 14.6 Å². The van der Waals surface area contributed by atoms with E-state index in [-0.39, 0.29) is 17.2 Å². The van der Waals surface area contributed by atoms with Crippen molar-refractivity contribution in [3.63, 3.8) is 0 Å². The van der Waals surface area contributed by atoms with E-state index in [0.717, 1.165) is 36.7 Å². The number of likely N-dealkylation sites (tertiary alicyclic amines) is 1. The Morgan fingerprint density at radius 1 is 1.14 bits per heavy atom. The first-order valence-electron chi connectivity index (χ1n) is 10.3. The summed E-state index contributed by atoms with van der Waals surface area (Å²) in [4.78, 5) is 28.6. The Morgan fingerprint density at radius 2 is 1.93 bits per heavy atom. The third-order valence-electron chi connectivity index (χ3n) is 6.27. The number of rotatable bonds is 5. The van der Waals surface area contributed by atoms with Crippen LogP contribution in [0.4, 0.5) is 0 Å². The Labute approximate surface area is 173 Å². The number of carbonyl (C=O) groups is 2. The van der Waals surface area contributed by atoms with Crippen LogP contribution in [0.1, 0.15) is 41.1 Å². The maximum Gasteiger partial charge on any atom is 0.289 e. The van der Waals surface area contributed by atoms with Crippen LogP contribution in [0.3, 0.4) is 0 Å². The van der Waals surface area contributed by atoms with Crippen LogP contribution >= 0.6 is 11.3 Å². The lowest BCUT2D eigenvalue weighted by molar-refractivity contribution is -0.123. The zero-order valence-corrected chi connectivity index (χ0v) is 17.0. The first kappa shape index (κ1) is 18.4. The van der Waals surface area contributed by atoms with Gasteiger partial charge in [0.2, 0.25) is 5.91 Å². The molecule has 0 radical (unpaired) electrons. The second kappa shape index (κ2) is 7.34. The molecule has 150 valence electrons. The van der Waals surface area contributed by atoms with Crippen LogP contribution in [0, 0.1) is 5.92 Å². The molecular weight excluding hydrogens is 384 g/mol. The van der Waals surface area contributed by atoms with E-state index in [1.54, 1.807) is 11.3 Å². The summed E-state index contributed by atoms with van der Waals surface area (Å²) in [6.07, 6.45) is 3.70. The van der Waals surface area contributed by atoms with Crippen molar-refractivity contribution in [1.82, 2.24) is 10.2 Å². The number of hydrogen-bond acceptors (Lipinski definition) is 4. The van der Waals surface area contributed by atoms with E-state index < -0.39 is 0 Å². The molecule has 1 saturated heterocycles. The van der Waals surface area contributed by atoms with Crippen LogP contribution in [0.15, 0.2) is 52.3 Å². The molecule has 1 aliphatic carbocycles. The van der Waals surface area contributed by atoms with Gasteiger partial charge in [0.25, 0.3) is 5.91 Å². The lowest BCUT2D eigenvalue weighted by Crippen LogP contribution is -2.43. The van der Waals surface area contributed by atoms with Crippen molar-refractivity contribution >= 4 is 34.1 Å². The van der Waals surface area contributed by atoms with Crippen molar-refractivity contribution in [2.24, 2.45) is 5.92 Å². The molecule has 0 unspecified atom stereocenters. The Kier molecular flexibility index (Phi) is 4.66. The van der Waals surface area contributed by atoms with Crippen molar-refractivity contribution in [2.75, 3.05) is 19.6 Å². The average Bonchev–Trinajstić information content (AvgIpc) is 3.18. The molecule has 2 fully saturated rings. The minimum Gasteiger partial charge on any atom is -0.451 e. The number of nitrogens with one attached hydrogen (secondary N) is 1. The molecule has 2 amide bonds. The standard InChI is InChI=1S/C23H24N2O3S/c26-21(19-14-17-4-1-2-5-18(17)28-19)25-11-7-16(8-12-25)15-24-22(27)23(9-10-23)20-6-3-13-29-20/h1-6,13-14,16H,7-12,15H2,(H,24,27). The van der Waals surface area contributed by atoms with E-state index in [1.807, 2.05) is 46.7 Å². The molecule has 5 rings (SSSR count). The van der Waals surface area contributed by atoms with Gasteiger partial charge in [-0.25, -0.2) is 0 Å². The van der Waals surface area contributed by atoms with Gasteiger partial charge in [0.15, 0.2) is 5.76 Å². The maximum absolute atomic E-state index is 12.8. The summed E-state index contributed by atoms with van der Waals surface area (Å²) in [7, 11) is 0. The molecule has 2 aromatic heterocycles. The van der Waals surface area contributed by atoms with Crippen LogP contribution in [0.25, 0.3) is 11.0 Å². The fourth-order valence-corrected chi connectivity index (χ4v) is 5.23. The van der Waals surface area contributed by atoms with Crippen molar-refractivity contribution < 1.29 is 14.0 Å². The number of thiophene rings is 1. The van der Waals surface area contributed by atoms with Crippen LogP contribution in [-0.2, 0) is 10.2 Å². The van der Waals surface area contributed by atoms with Gasteiger partial charge in [-0.05, 0) is 55.2 Å². The zero-order valence-electron chi connectivity index (χ0n) is 16.2. The summed E-state index contributed by atoms with van der Waals surface area (Å²) >= 11 is 1.67. The lowest BCUT2D eigenvalue weighted by Gasteiger charge is -2.31. The number of piperidine rings is 1. The molecule has 1 saturated carbocycles. The number of benzene rings is 1. The highest BCUT2D eigenvalue weighted by Gasteiger charge is 2.52. The molecule has 2 aliphatic rings. The zero-order chi connectivity index (χ0) is 19.8. The summed E-state index contributed by atoms with van der Waals surface area (Å²) < 4.78 is 5.72. The van der Waals surface area contributed by atoms with Crippen molar-refractivity contribution in [1.29, 1.82) is 0 Å². The van der Waals surface area contributed by atoms with Crippen LogP contribution in [0.2, 0.25) is 0 Å². The second-order valence-corrected chi connectivity index (χ2v) is 9.10. The van der Waals surface area contributed by atoms with Gasteiger partial charge in [-0.15, -0.1) is 11.3 Å². The minimum absolute atomic E-state index is 0.0432. The second-order valence-electron chi connectivity index (χ2n) is 8.15. The predicted octanol–water partition coefficient (Wildman–Crippen LogP) is 4.19. The molecule has 3 heterocycles. The number of carbonyl (C=O) groups excluding carboxylic acids is 2. The third kappa shape index (κ3) is 3.46. The summed E-state index contributed by atoms with van der Waals surface area (Å²) in [5.41, 5.74) is 0.472.